The normalized spacial score (nSPS) is 17.6. The molecule has 0 saturated heterocycles. The van der Waals surface area contributed by atoms with Gasteiger partial charge in [0.25, 0.3) is 10.0 Å². The minimum absolute atomic E-state index is 0.238. The largest absolute Gasteiger partial charge is 0.345 e. The molecule has 1 aliphatic heterocycles. The molecule has 1 aromatic carbocycles. The monoisotopic (exact) mass is 308 g/mol. The van der Waals surface area contributed by atoms with Crippen molar-refractivity contribution < 1.29 is 8.42 Å². The third-order valence-corrected chi connectivity index (χ3v) is 3.58. The molecule has 0 aromatic heterocycles. The van der Waals surface area contributed by atoms with E-state index in [0.717, 1.165) is 3.57 Å². The van der Waals surface area contributed by atoms with Crippen molar-refractivity contribution in [2.45, 2.75) is 4.90 Å². The zero-order valence-corrected chi connectivity index (χ0v) is 9.33. The maximum absolute atomic E-state index is 11.4. The summed E-state index contributed by atoms with van der Waals surface area (Å²) >= 11 is 2.06. The van der Waals surface area contributed by atoms with Crippen LogP contribution in [0.2, 0.25) is 0 Å². The van der Waals surface area contributed by atoms with Crippen molar-refractivity contribution in [2.75, 3.05) is 5.32 Å². The summed E-state index contributed by atoms with van der Waals surface area (Å²) in [5.41, 5.74) is 0.579. The number of nitrogens with zero attached hydrogens (tertiary/aromatic N) is 1. The Kier molecular flexibility index (Phi) is 2.03. The second kappa shape index (κ2) is 2.95. The number of fused-ring (bicyclic) bond motifs is 1. The van der Waals surface area contributed by atoms with E-state index in [1.807, 2.05) is 6.07 Å². The van der Waals surface area contributed by atoms with Crippen molar-refractivity contribution in [3.63, 3.8) is 0 Å². The molecule has 0 unspecified atom stereocenters. The van der Waals surface area contributed by atoms with Crippen LogP contribution in [0.15, 0.2) is 27.5 Å². The molecule has 0 radical (unpaired) electrons. The molecule has 0 fully saturated rings. The van der Waals surface area contributed by atoms with Gasteiger partial charge in [0.05, 0.1) is 5.69 Å². The van der Waals surface area contributed by atoms with Gasteiger partial charge in [-0.2, -0.15) is 8.42 Å². The van der Waals surface area contributed by atoms with Gasteiger partial charge in [-0.05, 0) is 40.8 Å². The predicted octanol–water partition coefficient (Wildman–Crippen LogP) is 1.43. The van der Waals surface area contributed by atoms with E-state index in [9.17, 15) is 8.42 Å². The minimum Gasteiger partial charge on any atom is -0.345 e. The highest BCUT2D eigenvalue weighted by atomic mass is 127. The molecule has 6 heteroatoms. The number of benzene rings is 1. The van der Waals surface area contributed by atoms with Crippen molar-refractivity contribution in [1.82, 2.24) is 0 Å². The highest BCUT2D eigenvalue weighted by Crippen LogP contribution is 2.26. The van der Waals surface area contributed by atoms with Gasteiger partial charge in [0, 0.05) is 3.57 Å². The quantitative estimate of drug-likeness (QED) is 0.738. The Morgan fingerprint density at radius 1 is 1.38 bits per heavy atom. The summed E-state index contributed by atoms with van der Waals surface area (Å²) in [6.07, 6.45) is 1.19. The van der Waals surface area contributed by atoms with E-state index < -0.39 is 10.0 Å². The molecule has 2 rings (SSSR count). The van der Waals surface area contributed by atoms with E-state index >= 15 is 0 Å². The van der Waals surface area contributed by atoms with E-state index in [1.54, 1.807) is 12.1 Å². The number of anilines is 1. The Morgan fingerprint density at radius 2 is 2.15 bits per heavy atom. The maximum atomic E-state index is 11.4. The zero-order valence-electron chi connectivity index (χ0n) is 6.36. The number of rotatable bonds is 0. The summed E-state index contributed by atoms with van der Waals surface area (Å²) in [4.78, 5) is 0.238. The SMILES string of the molecule is O=S1(=O)N=CNc2ccc(I)cc21. The number of hydrogen-bond donors (Lipinski definition) is 1. The Hall–Kier alpha value is -0.630. The van der Waals surface area contributed by atoms with Crippen LogP contribution >= 0.6 is 22.6 Å². The van der Waals surface area contributed by atoms with Crippen molar-refractivity contribution in [3.05, 3.63) is 21.8 Å². The fourth-order valence-corrected chi connectivity index (χ4v) is 2.74. The van der Waals surface area contributed by atoms with Gasteiger partial charge in [0.2, 0.25) is 0 Å². The first-order chi connectivity index (χ1) is 6.09. The fourth-order valence-electron chi connectivity index (χ4n) is 1.05. The Bertz CT molecular complexity index is 481. The number of hydrogen-bond acceptors (Lipinski definition) is 3. The molecule has 0 atom stereocenters. The average molecular weight is 308 g/mol. The van der Waals surface area contributed by atoms with Gasteiger partial charge in [-0.1, -0.05) is 0 Å². The summed E-state index contributed by atoms with van der Waals surface area (Å²) in [5.74, 6) is 0. The van der Waals surface area contributed by atoms with Crippen molar-refractivity contribution >= 4 is 44.6 Å². The molecule has 13 heavy (non-hydrogen) atoms. The first-order valence-electron chi connectivity index (χ1n) is 3.44. The van der Waals surface area contributed by atoms with E-state index in [4.69, 9.17) is 0 Å². The van der Waals surface area contributed by atoms with Crippen LogP contribution in [0.4, 0.5) is 5.69 Å². The highest BCUT2D eigenvalue weighted by Gasteiger charge is 2.20. The molecule has 4 nitrogen and oxygen atoms in total. The van der Waals surface area contributed by atoms with E-state index in [-0.39, 0.29) is 4.90 Å². The third kappa shape index (κ3) is 1.55. The van der Waals surface area contributed by atoms with Gasteiger partial charge < -0.3 is 5.32 Å². The number of halogens is 1. The first-order valence-corrected chi connectivity index (χ1v) is 5.96. The molecule has 0 bridgehead atoms. The van der Waals surface area contributed by atoms with E-state index in [2.05, 4.69) is 32.3 Å². The molecule has 1 heterocycles. The average Bonchev–Trinajstić information content (AvgIpc) is 2.06. The second-order valence-electron chi connectivity index (χ2n) is 2.49. The van der Waals surface area contributed by atoms with Gasteiger partial charge >= 0.3 is 0 Å². The van der Waals surface area contributed by atoms with Crippen molar-refractivity contribution in [2.24, 2.45) is 4.40 Å². The Morgan fingerprint density at radius 3 is 2.92 bits per heavy atom. The molecule has 0 saturated carbocycles. The lowest BCUT2D eigenvalue weighted by molar-refractivity contribution is 0.598. The smallest absolute Gasteiger partial charge is 0.285 e. The van der Waals surface area contributed by atoms with E-state index in [1.165, 1.54) is 6.34 Å². The molecule has 1 aliphatic rings. The third-order valence-electron chi connectivity index (χ3n) is 1.63. The topological polar surface area (TPSA) is 58.5 Å². The lowest BCUT2D eigenvalue weighted by atomic mass is 10.3. The van der Waals surface area contributed by atoms with Crippen LogP contribution in [0.25, 0.3) is 0 Å². The first kappa shape index (κ1) is 8.95. The molecule has 1 aromatic rings. The van der Waals surface area contributed by atoms with Gasteiger partial charge in [0.15, 0.2) is 0 Å². The van der Waals surface area contributed by atoms with Gasteiger partial charge in [-0.3, -0.25) is 0 Å². The molecule has 0 spiro atoms. The predicted molar refractivity (Wildman–Crippen MR) is 58.5 cm³/mol. The Balaban J connectivity index is 2.74. The van der Waals surface area contributed by atoms with Crippen LogP contribution in [-0.4, -0.2) is 14.8 Å². The molecule has 1 N–H and O–H groups in total. The van der Waals surface area contributed by atoms with Crippen molar-refractivity contribution in [1.29, 1.82) is 0 Å². The summed E-state index contributed by atoms with van der Waals surface area (Å²) in [7, 11) is -3.46. The van der Waals surface area contributed by atoms with Crippen LogP contribution in [0.3, 0.4) is 0 Å². The van der Waals surface area contributed by atoms with Crippen LogP contribution in [0, 0.1) is 3.57 Å². The number of nitrogens with one attached hydrogen (secondary N) is 1. The second-order valence-corrected chi connectivity index (χ2v) is 5.34. The zero-order chi connectivity index (χ0) is 9.47. The molecular weight excluding hydrogens is 303 g/mol. The fraction of sp³-hybridized carbons (Fsp3) is 0. The van der Waals surface area contributed by atoms with Crippen LogP contribution in [-0.2, 0) is 10.0 Å². The summed E-state index contributed by atoms with van der Waals surface area (Å²) in [5, 5.41) is 2.77. The van der Waals surface area contributed by atoms with E-state index in [0.29, 0.717) is 5.69 Å². The van der Waals surface area contributed by atoms with Crippen LogP contribution < -0.4 is 5.32 Å². The summed E-state index contributed by atoms with van der Waals surface area (Å²) in [6.45, 7) is 0. The standard InChI is InChI=1S/C7H5IN2O2S/c8-5-1-2-6-7(3-5)13(11,12)10-4-9-6/h1-4H,(H,9,10). The molecule has 68 valence electrons. The van der Waals surface area contributed by atoms with Crippen LogP contribution in [0.5, 0.6) is 0 Å². The Labute approximate surface area is 89.3 Å². The lowest BCUT2D eigenvalue weighted by Gasteiger charge is -2.11. The lowest BCUT2D eigenvalue weighted by Crippen LogP contribution is -2.11. The minimum atomic E-state index is -3.46. The summed E-state index contributed by atoms with van der Waals surface area (Å²) < 4.78 is 27.0. The van der Waals surface area contributed by atoms with Crippen LogP contribution in [0.1, 0.15) is 0 Å². The van der Waals surface area contributed by atoms with Gasteiger partial charge in [0.1, 0.15) is 11.2 Å². The summed E-state index contributed by atoms with van der Waals surface area (Å²) in [6, 6.07) is 5.15. The maximum Gasteiger partial charge on any atom is 0.285 e. The molecule has 0 aliphatic carbocycles. The molecule has 0 amide bonds. The van der Waals surface area contributed by atoms with Crippen molar-refractivity contribution in [3.8, 4) is 0 Å². The highest BCUT2D eigenvalue weighted by molar-refractivity contribution is 14.1. The van der Waals surface area contributed by atoms with Gasteiger partial charge in [-0.15, -0.1) is 4.40 Å². The molecular formula is C7H5IN2O2S. The van der Waals surface area contributed by atoms with Gasteiger partial charge in [-0.25, -0.2) is 0 Å². The number of sulfonamides is 1.